The topological polar surface area (TPSA) is 50.1 Å². The smallest absolute Gasteiger partial charge is 0.0223 e. The second kappa shape index (κ2) is 6.40. The zero-order valence-electron chi connectivity index (χ0n) is 8.61. The minimum absolute atomic E-state index is 0.0925. The third kappa shape index (κ3) is 9.88. The Morgan fingerprint density at radius 1 is 1.08 bits per heavy atom. The van der Waals surface area contributed by atoms with Crippen LogP contribution in [0.15, 0.2) is 0 Å². The predicted octanol–water partition coefficient (Wildman–Crippen LogP) is 0.313. The second-order valence-electron chi connectivity index (χ2n) is 3.92. The summed E-state index contributed by atoms with van der Waals surface area (Å²) in [6, 6.07) is 0. The van der Waals surface area contributed by atoms with Crippen molar-refractivity contribution in [3.8, 4) is 0 Å². The summed E-state index contributed by atoms with van der Waals surface area (Å²) in [4.78, 5) is 0. The molecule has 0 aliphatic carbocycles. The highest BCUT2D eigenvalue weighted by molar-refractivity contribution is 4.74. The Morgan fingerprint density at radius 3 is 2.17 bits per heavy atom. The fourth-order valence-electron chi connectivity index (χ4n) is 0.889. The maximum Gasteiger partial charge on any atom is 0.0223 e. The molecular formula is C9H23N3. The summed E-state index contributed by atoms with van der Waals surface area (Å²) in [6.07, 6.45) is 1.20. The molecule has 0 rings (SSSR count). The Balaban J connectivity index is 3.01. The average molecular weight is 173 g/mol. The average Bonchev–Trinajstić information content (AvgIpc) is 1.94. The molecule has 0 atom stereocenters. The second-order valence-corrected chi connectivity index (χ2v) is 3.92. The molecule has 0 fully saturated rings. The first kappa shape index (κ1) is 11.9. The molecule has 3 nitrogen and oxygen atoms in total. The van der Waals surface area contributed by atoms with Gasteiger partial charge in [0.15, 0.2) is 0 Å². The van der Waals surface area contributed by atoms with E-state index in [4.69, 9.17) is 5.73 Å². The molecule has 4 N–H and O–H groups in total. The van der Waals surface area contributed by atoms with Crippen molar-refractivity contribution in [1.82, 2.24) is 10.6 Å². The molecule has 0 aromatic heterocycles. The van der Waals surface area contributed by atoms with Gasteiger partial charge in [-0.2, -0.15) is 0 Å². The van der Waals surface area contributed by atoms with Crippen LogP contribution in [0.3, 0.4) is 0 Å². The van der Waals surface area contributed by atoms with Gasteiger partial charge < -0.3 is 16.4 Å². The summed E-state index contributed by atoms with van der Waals surface area (Å²) in [5.74, 6) is 0. The van der Waals surface area contributed by atoms with Crippen LogP contribution in [0.4, 0.5) is 0 Å². The van der Waals surface area contributed by atoms with Gasteiger partial charge in [0.05, 0.1) is 0 Å². The standard InChI is InChI=1S/C9H23N3/c1-4-5-11-6-7-12-8-9(2,3)10/h11-12H,4-8,10H2,1-3H3. The van der Waals surface area contributed by atoms with Crippen molar-refractivity contribution in [2.75, 3.05) is 26.2 Å². The van der Waals surface area contributed by atoms with Gasteiger partial charge in [0, 0.05) is 25.2 Å². The Hall–Kier alpha value is -0.120. The summed E-state index contributed by atoms with van der Waals surface area (Å²) in [7, 11) is 0. The quantitative estimate of drug-likeness (QED) is 0.486. The lowest BCUT2D eigenvalue weighted by atomic mass is 10.1. The lowest BCUT2D eigenvalue weighted by Crippen LogP contribution is -2.44. The summed E-state index contributed by atoms with van der Waals surface area (Å²) >= 11 is 0. The van der Waals surface area contributed by atoms with Crippen LogP contribution in [0.5, 0.6) is 0 Å². The molecule has 0 heterocycles. The lowest BCUT2D eigenvalue weighted by molar-refractivity contribution is 0.463. The fourth-order valence-corrected chi connectivity index (χ4v) is 0.889. The highest BCUT2D eigenvalue weighted by Crippen LogP contribution is 1.91. The van der Waals surface area contributed by atoms with E-state index in [0.717, 1.165) is 26.2 Å². The first-order valence-electron chi connectivity index (χ1n) is 4.76. The molecule has 0 radical (unpaired) electrons. The van der Waals surface area contributed by atoms with Gasteiger partial charge in [-0.25, -0.2) is 0 Å². The third-order valence-electron chi connectivity index (χ3n) is 1.49. The van der Waals surface area contributed by atoms with Gasteiger partial charge in [-0.1, -0.05) is 6.92 Å². The van der Waals surface area contributed by atoms with Crippen LogP contribution in [0.1, 0.15) is 27.2 Å². The Morgan fingerprint density at radius 2 is 1.67 bits per heavy atom. The van der Waals surface area contributed by atoms with E-state index in [-0.39, 0.29) is 5.54 Å². The van der Waals surface area contributed by atoms with E-state index in [1.54, 1.807) is 0 Å². The molecule has 0 saturated heterocycles. The molecule has 0 aromatic rings. The van der Waals surface area contributed by atoms with Crippen molar-refractivity contribution in [3.63, 3.8) is 0 Å². The van der Waals surface area contributed by atoms with E-state index in [0.29, 0.717) is 0 Å². The van der Waals surface area contributed by atoms with Crippen LogP contribution < -0.4 is 16.4 Å². The van der Waals surface area contributed by atoms with E-state index < -0.39 is 0 Å². The fraction of sp³-hybridized carbons (Fsp3) is 1.00. The lowest BCUT2D eigenvalue weighted by Gasteiger charge is -2.18. The summed E-state index contributed by atoms with van der Waals surface area (Å²) < 4.78 is 0. The molecule has 0 amide bonds. The summed E-state index contributed by atoms with van der Waals surface area (Å²) in [5, 5.41) is 6.61. The highest BCUT2D eigenvalue weighted by Gasteiger charge is 2.08. The number of nitrogens with one attached hydrogen (secondary N) is 2. The van der Waals surface area contributed by atoms with Crippen molar-refractivity contribution >= 4 is 0 Å². The van der Waals surface area contributed by atoms with Crippen LogP contribution in [-0.2, 0) is 0 Å². The Labute approximate surface area is 76.1 Å². The summed E-state index contributed by atoms with van der Waals surface area (Å²) in [6.45, 7) is 10.2. The molecule has 74 valence electrons. The van der Waals surface area contributed by atoms with Gasteiger partial charge in [-0.05, 0) is 26.8 Å². The molecular weight excluding hydrogens is 150 g/mol. The SMILES string of the molecule is CCCNCCNCC(C)(C)N. The number of rotatable bonds is 7. The molecule has 0 unspecified atom stereocenters. The third-order valence-corrected chi connectivity index (χ3v) is 1.49. The number of hydrogen-bond acceptors (Lipinski definition) is 3. The van der Waals surface area contributed by atoms with Crippen molar-refractivity contribution in [3.05, 3.63) is 0 Å². The highest BCUT2D eigenvalue weighted by atomic mass is 15.0. The van der Waals surface area contributed by atoms with Gasteiger partial charge in [-0.3, -0.25) is 0 Å². The molecule has 0 aliphatic rings. The molecule has 0 aromatic carbocycles. The molecule has 0 bridgehead atoms. The molecule has 3 heteroatoms. The first-order chi connectivity index (χ1) is 5.56. The van der Waals surface area contributed by atoms with Crippen LogP contribution in [-0.4, -0.2) is 31.7 Å². The molecule has 0 spiro atoms. The minimum Gasteiger partial charge on any atom is -0.324 e. The number of nitrogens with two attached hydrogens (primary N) is 1. The van der Waals surface area contributed by atoms with Gasteiger partial charge in [0.1, 0.15) is 0 Å². The molecule has 0 aliphatic heterocycles. The first-order valence-corrected chi connectivity index (χ1v) is 4.76. The predicted molar refractivity (Wildman–Crippen MR) is 54.3 cm³/mol. The van der Waals surface area contributed by atoms with Crippen LogP contribution >= 0.6 is 0 Å². The van der Waals surface area contributed by atoms with Gasteiger partial charge in [-0.15, -0.1) is 0 Å². The van der Waals surface area contributed by atoms with Gasteiger partial charge >= 0.3 is 0 Å². The molecule has 12 heavy (non-hydrogen) atoms. The van der Waals surface area contributed by atoms with Crippen molar-refractivity contribution < 1.29 is 0 Å². The Bertz CT molecular complexity index is 96.4. The van der Waals surface area contributed by atoms with E-state index in [1.807, 2.05) is 13.8 Å². The van der Waals surface area contributed by atoms with Crippen molar-refractivity contribution in [1.29, 1.82) is 0 Å². The molecule has 0 saturated carbocycles. The summed E-state index contributed by atoms with van der Waals surface area (Å²) in [5.41, 5.74) is 5.70. The zero-order valence-corrected chi connectivity index (χ0v) is 8.61. The maximum absolute atomic E-state index is 5.79. The number of hydrogen-bond donors (Lipinski definition) is 3. The van der Waals surface area contributed by atoms with E-state index in [2.05, 4.69) is 17.6 Å². The van der Waals surface area contributed by atoms with E-state index >= 15 is 0 Å². The van der Waals surface area contributed by atoms with Crippen LogP contribution in [0.2, 0.25) is 0 Å². The normalized spacial score (nSPS) is 12.0. The van der Waals surface area contributed by atoms with Crippen LogP contribution in [0, 0.1) is 0 Å². The minimum atomic E-state index is -0.0925. The van der Waals surface area contributed by atoms with Crippen LogP contribution in [0.25, 0.3) is 0 Å². The van der Waals surface area contributed by atoms with Crippen molar-refractivity contribution in [2.24, 2.45) is 5.73 Å². The van der Waals surface area contributed by atoms with Gasteiger partial charge in [0.25, 0.3) is 0 Å². The maximum atomic E-state index is 5.79. The van der Waals surface area contributed by atoms with Crippen molar-refractivity contribution in [2.45, 2.75) is 32.7 Å². The largest absolute Gasteiger partial charge is 0.324 e. The van der Waals surface area contributed by atoms with E-state index in [1.165, 1.54) is 6.42 Å². The Kier molecular flexibility index (Phi) is 6.34. The zero-order chi connectivity index (χ0) is 9.45. The van der Waals surface area contributed by atoms with Gasteiger partial charge in [0.2, 0.25) is 0 Å². The van der Waals surface area contributed by atoms with E-state index in [9.17, 15) is 0 Å². The monoisotopic (exact) mass is 173 g/mol.